The molecular formula is C24H20BrNO4S. The zero-order valence-electron chi connectivity index (χ0n) is 16.5. The topological polar surface area (TPSA) is 72.5 Å². The van der Waals surface area contributed by atoms with E-state index in [2.05, 4.69) is 21.2 Å². The second kappa shape index (κ2) is 11.5. The highest BCUT2D eigenvalue weighted by Crippen LogP contribution is 2.28. The van der Waals surface area contributed by atoms with E-state index in [1.165, 1.54) is 0 Å². The molecule has 0 aliphatic carbocycles. The standard InChI is InChI=1S/C24H20BrNO4S/c25-18-8-6-17(7-9-18)22(27)16-30-24(29)15-14-23(28)26-19-10-12-21(13-11-19)31-20-4-2-1-3-5-20/h1-13H,14-16H2,(H,26,28). The monoisotopic (exact) mass is 497 g/mol. The largest absolute Gasteiger partial charge is 0.457 e. The number of carbonyl (C=O) groups excluding carboxylic acids is 3. The summed E-state index contributed by atoms with van der Waals surface area (Å²) < 4.78 is 5.84. The van der Waals surface area contributed by atoms with E-state index in [0.717, 1.165) is 14.3 Å². The Bertz CT molecular complexity index is 1040. The Morgan fingerprint density at radius 3 is 2.13 bits per heavy atom. The van der Waals surface area contributed by atoms with Crippen LogP contribution in [-0.4, -0.2) is 24.3 Å². The van der Waals surface area contributed by atoms with Gasteiger partial charge in [-0.3, -0.25) is 14.4 Å². The molecule has 1 amide bonds. The van der Waals surface area contributed by atoms with Crippen molar-refractivity contribution in [3.63, 3.8) is 0 Å². The van der Waals surface area contributed by atoms with Crippen molar-refractivity contribution in [1.29, 1.82) is 0 Å². The lowest BCUT2D eigenvalue weighted by atomic mass is 10.1. The molecule has 0 saturated heterocycles. The quantitative estimate of drug-likeness (QED) is 0.301. The molecule has 0 aliphatic heterocycles. The molecule has 7 heteroatoms. The van der Waals surface area contributed by atoms with Crippen molar-refractivity contribution in [3.8, 4) is 0 Å². The number of ether oxygens (including phenoxy) is 1. The number of nitrogens with one attached hydrogen (secondary N) is 1. The van der Waals surface area contributed by atoms with Crippen LogP contribution in [0, 0.1) is 0 Å². The minimum atomic E-state index is -0.588. The predicted molar refractivity (Wildman–Crippen MR) is 124 cm³/mol. The van der Waals surface area contributed by atoms with Gasteiger partial charge in [0.25, 0.3) is 0 Å². The van der Waals surface area contributed by atoms with Gasteiger partial charge in [0, 0.05) is 31.9 Å². The van der Waals surface area contributed by atoms with Crippen LogP contribution in [-0.2, 0) is 14.3 Å². The zero-order valence-corrected chi connectivity index (χ0v) is 18.9. The van der Waals surface area contributed by atoms with Crippen molar-refractivity contribution in [2.45, 2.75) is 22.6 Å². The first kappa shape index (κ1) is 22.8. The summed E-state index contributed by atoms with van der Waals surface area (Å²) in [4.78, 5) is 38.1. The highest BCUT2D eigenvalue weighted by Gasteiger charge is 2.12. The van der Waals surface area contributed by atoms with Crippen molar-refractivity contribution >= 4 is 51.0 Å². The van der Waals surface area contributed by atoms with Gasteiger partial charge in [0.2, 0.25) is 5.91 Å². The summed E-state index contributed by atoms with van der Waals surface area (Å²) in [5, 5.41) is 2.76. The van der Waals surface area contributed by atoms with E-state index in [4.69, 9.17) is 4.74 Å². The molecule has 0 unspecified atom stereocenters. The maximum Gasteiger partial charge on any atom is 0.306 e. The number of esters is 1. The lowest BCUT2D eigenvalue weighted by molar-refractivity contribution is -0.143. The Labute approximate surface area is 193 Å². The van der Waals surface area contributed by atoms with Gasteiger partial charge in [-0.25, -0.2) is 0 Å². The number of amides is 1. The molecule has 0 spiro atoms. The molecule has 0 atom stereocenters. The average Bonchev–Trinajstić information content (AvgIpc) is 2.78. The van der Waals surface area contributed by atoms with Gasteiger partial charge in [0.15, 0.2) is 12.4 Å². The molecule has 0 saturated carbocycles. The van der Waals surface area contributed by atoms with Gasteiger partial charge in [-0.1, -0.05) is 58.0 Å². The van der Waals surface area contributed by atoms with Crippen LogP contribution in [0.15, 0.2) is 93.1 Å². The molecule has 0 aliphatic rings. The fourth-order valence-electron chi connectivity index (χ4n) is 2.61. The summed E-state index contributed by atoms with van der Waals surface area (Å²) in [5.41, 5.74) is 1.11. The SMILES string of the molecule is O=C(CCC(=O)OCC(=O)c1ccc(Br)cc1)Nc1ccc(Sc2ccccc2)cc1. The molecule has 0 bridgehead atoms. The average molecular weight is 498 g/mol. The van der Waals surface area contributed by atoms with Crippen LogP contribution < -0.4 is 5.32 Å². The van der Waals surface area contributed by atoms with Gasteiger partial charge < -0.3 is 10.1 Å². The molecule has 3 aromatic carbocycles. The van der Waals surface area contributed by atoms with Crippen LogP contribution in [0.2, 0.25) is 0 Å². The van der Waals surface area contributed by atoms with Gasteiger partial charge in [0.1, 0.15) is 0 Å². The molecule has 0 heterocycles. The highest BCUT2D eigenvalue weighted by atomic mass is 79.9. The maximum absolute atomic E-state index is 12.1. The molecule has 0 aromatic heterocycles. The fourth-order valence-corrected chi connectivity index (χ4v) is 3.71. The number of halogens is 1. The van der Waals surface area contributed by atoms with Gasteiger partial charge in [-0.15, -0.1) is 0 Å². The fraction of sp³-hybridized carbons (Fsp3) is 0.125. The summed E-state index contributed by atoms with van der Waals surface area (Å²) in [5.74, 6) is -1.17. The third-order valence-corrected chi connectivity index (χ3v) is 5.75. The predicted octanol–water partition coefficient (Wildman–Crippen LogP) is 5.75. The van der Waals surface area contributed by atoms with Gasteiger partial charge >= 0.3 is 5.97 Å². The van der Waals surface area contributed by atoms with E-state index in [-0.39, 0.29) is 31.1 Å². The minimum Gasteiger partial charge on any atom is -0.457 e. The lowest BCUT2D eigenvalue weighted by Gasteiger charge is -2.07. The first-order valence-corrected chi connectivity index (χ1v) is 11.2. The third kappa shape index (κ3) is 7.70. The van der Waals surface area contributed by atoms with E-state index >= 15 is 0 Å². The van der Waals surface area contributed by atoms with Crippen molar-refractivity contribution in [2.24, 2.45) is 0 Å². The summed E-state index contributed by atoms with van der Waals surface area (Å²) >= 11 is 4.93. The normalized spacial score (nSPS) is 10.4. The van der Waals surface area contributed by atoms with Gasteiger partial charge in [-0.05, 0) is 48.5 Å². The second-order valence-corrected chi connectivity index (χ2v) is 8.64. The first-order valence-electron chi connectivity index (χ1n) is 9.57. The van der Waals surface area contributed by atoms with E-state index < -0.39 is 5.97 Å². The summed E-state index contributed by atoms with van der Waals surface area (Å²) in [6.45, 7) is -0.345. The van der Waals surface area contributed by atoms with Crippen LogP contribution in [0.25, 0.3) is 0 Å². The Balaban J connectivity index is 1.38. The molecule has 5 nitrogen and oxygen atoms in total. The Hall–Kier alpha value is -2.90. The molecule has 0 radical (unpaired) electrons. The maximum atomic E-state index is 12.1. The number of carbonyl (C=O) groups is 3. The number of hydrogen-bond acceptors (Lipinski definition) is 5. The summed E-state index contributed by atoms with van der Waals surface area (Å²) in [7, 11) is 0. The number of benzene rings is 3. The van der Waals surface area contributed by atoms with Crippen LogP contribution in [0.5, 0.6) is 0 Å². The molecule has 3 aromatic rings. The minimum absolute atomic E-state index is 0.0220. The van der Waals surface area contributed by atoms with Crippen molar-refractivity contribution in [1.82, 2.24) is 0 Å². The van der Waals surface area contributed by atoms with E-state index in [0.29, 0.717) is 11.3 Å². The Morgan fingerprint density at radius 1 is 0.806 bits per heavy atom. The smallest absolute Gasteiger partial charge is 0.306 e. The van der Waals surface area contributed by atoms with E-state index in [1.54, 1.807) is 36.0 Å². The zero-order chi connectivity index (χ0) is 22.1. The van der Waals surface area contributed by atoms with Crippen LogP contribution in [0.1, 0.15) is 23.2 Å². The lowest BCUT2D eigenvalue weighted by Crippen LogP contribution is -2.17. The number of Topliss-reactive ketones (excluding diaryl/α,β-unsaturated/α-hetero) is 1. The number of hydrogen-bond donors (Lipinski definition) is 1. The third-order valence-electron chi connectivity index (χ3n) is 4.20. The Kier molecular flexibility index (Phi) is 8.44. The number of anilines is 1. The van der Waals surface area contributed by atoms with Crippen molar-refractivity contribution in [3.05, 3.63) is 88.9 Å². The van der Waals surface area contributed by atoms with Crippen LogP contribution in [0.3, 0.4) is 0 Å². The molecule has 158 valence electrons. The molecule has 3 rings (SSSR count). The van der Waals surface area contributed by atoms with E-state index in [1.807, 2.05) is 54.6 Å². The first-order chi connectivity index (χ1) is 15.0. The molecular weight excluding hydrogens is 478 g/mol. The van der Waals surface area contributed by atoms with Crippen LogP contribution in [0.4, 0.5) is 5.69 Å². The molecule has 31 heavy (non-hydrogen) atoms. The Morgan fingerprint density at radius 2 is 1.45 bits per heavy atom. The van der Waals surface area contributed by atoms with Gasteiger partial charge in [-0.2, -0.15) is 0 Å². The van der Waals surface area contributed by atoms with Crippen molar-refractivity contribution < 1.29 is 19.1 Å². The van der Waals surface area contributed by atoms with Crippen molar-refractivity contribution in [2.75, 3.05) is 11.9 Å². The van der Waals surface area contributed by atoms with Gasteiger partial charge in [0.05, 0.1) is 6.42 Å². The van der Waals surface area contributed by atoms with E-state index in [9.17, 15) is 14.4 Å². The molecule has 1 N–H and O–H groups in total. The number of ketones is 1. The second-order valence-electron chi connectivity index (χ2n) is 6.58. The summed E-state index contributed by atoms with van der Waals surface area (Å²) in [6.07, 6.45) is -0.118. The highest BCUT2D eigenvalue weighted by molar-refractivity contribution is 9.10. The summed E-state index contributed by atoms with van der Waals surface area (Å²) in [6, 6.07) is 24.3. The van der Waals surface area contributed by atoms with Crippen LogP contribution >= 0.6 is 27.7 Å². The number of rotatable bonds is 9. The molecule has 0 fully saturated rings.